The van der Waals surface area contributed by atoms with Gasteiger partial charge in [0.15, 0.2) is 0 Å². The van der Waals surface area contributed by atoms with Crippen LogP contribution in [0, 0.1) is 5.82 Å². The molecule has 4 heteroatoms. The van der Waals surface area contributed by atoms with E-state index in [1.807, 2.05) is 32.0 Å². The summed E-state index contributed by atoms with van der Waals surface area (Å²) in [5, 5.41) is 5.57. The predicted molar refractivity (Wildman–Crippen MR) is 78.0 cm³/mol. The van der Waals surface area contributed by atoms with E-state index in [-0.39, 0.29) is 11.8 Å². The van der Waals surface area contributed by atoms with Crippen LogP contribution in [0.1, 0.15) is 19.4 Å². The minimum atomic E-state index is -0.666. The van der Waals surface area contributed by atoms with Crippen LogP contribution in [-0.4, -0.2) is 6.03 Å². The average molecular weight is 272 g/mol. The molecule has 3 nitrogen and oxygen atoms in total. The zero-order valence-electron chi connectivity index (χ0n) is 11.5. The second-order valence-electron chi connectivity index (χ2n) is 5.08. The highest BCUT2D eigenvalue weighted by atomic mass is 19.1. The van der Waals surface area contributed by atoms with Gasteiger partial charge in [0.05, 0.1) is 5.54 Å². The number of benzene rings is 2. The number of rotatable bonds is 3. The van der Waals surface area contributed by atoms with E-state index < -0.39 is 5.54 Å². The fourth-order valence-corrected chi connectivity index (χ4v) is 1.92. The van der Waals surface area contributed by atoms with E-state index in [0.29, 0.717) is 11.3 Å². The summed E-state index contributed by atoms with van der Waals surface area (Å²) in [7, 11) is 0. The Labute approximate surface area is 117 Å². The molecule has 104 valence electrons. The summed E-state index contributed by atoms with van der Waals surface area (Å²) in [4.78, 5) is 12.0. The zero-order valence-corrected chi connectivity index (χ0v) is 11.5. The van der Waals surface area contributed by atoms with Crippen molar-refractivity contribution in [1.82, 2.24) is 5.32 Å². The summed E-state index contributed by atoms with van der Waals surface area (Å²) in [6.45, 7) is 3.65. The van der Waals surface area contributed by atoms with E-state index in [2.05, 4.69) is 10.6 Å². The van der Waals surface area contributed by atoms with Crippen molar-refractivity contribution in [2.45, 2.75) is 19.4 Å². The Hall–Kier alpha value is -2.36. The maximum Gasteiger partial charge on any atom is 0.319 e. The lowest BCUT2D eigenvalue weighted by Gasteiger charge is -2.27. The van der Waals surface area contributed by atoms with Crippen molar-refractivity contribution in [3.05, 3.63) is 66.0 Å². The van der Waals surface area contributed by atoms with Crippen molar-refractivity contribution in [1.29, 1.82) is 0 Å². The van der Waals surface area contributed by atoms with Crippen LogP contribution in [-0.2, 0) is 5.54 Å². The van der Waals surface area contributed by atoms with E-state index in [4.69, 9.17) is 0 Å². The first-order chi connectivity index (χ1) is 9.47. The van der Waals surface area contributed by atoms with E-state index in [1.54, 1.807) is 24.3 Å². The van der Waals surface area contributed by atoms with Crippen LogP contribution >= 0.6 is 0 Å². The molecular weight excluding hydrogens is 255 g/mol. The SMILES string of the molecule is CC(C)(NC(=O)Nc1ccccc1)c1cccc(F)c1. The molecule has 0 bridgehead atoms. The molecule has 0 heterocycles. The largest absolute Gasteiger partial charge is 0.329 e. The molecule has 0 radical (unpaired) electrons. The Morgan fingerprint density at radius 3 is 2.40 bits per heavy atom. The van der Waals surface area contributed by atoms with Crippen molar-refractivity contribution in [3.63, 3.8) is 0 Å². The molecule has 2 aromatic carbocycles. The normalized spacial score (nSPS) is 10.9. The topological polar surface area (TPSA) is 41.1 Å². The Bertz CT molecular complexity index is 596. The lowest BCUT2D eigenvalue weighted by atomic mass is 9.94. The molecule has 0 fully saturated rings. The molecule has 0 saturated carbocycles. The van der Waals surface area contributed by atoms with Crippen LogP contribution < -0.4 is 10.6 Å². The fourth-order valence-electron chi connectivity index (χ4n) is 1.92. The van der Waals surface area contributed by atoms with Crippen molar-refractivity contribution < 1.29 is 9.18 Å². The molecule has 0 aliphatic rings. The molecular formula is C16H17FN2O. The lowest BCUT2D eigenvalue weighted by molar-refractivity contribution is 0.242. The van der Waals surface area contributed by atoms with Gasteiger partial charge in [-0.1, -0.05) is 30.3 Å². The van der Waals surface area contributed by atoms with Crippen LogP contribution in [0.3, 0.4) is 0 Å². The number of amides is 2. The highest BCUT2D eigenvalue weighted by molar-refractivity contribution is 5.89. The Balaban J connectivity index is 2.06. The molecule has 0 spiro atoms. The van der Waals surface area contributed by atoms with Gasteiger partial charge in [0, 0.05) is 5.69 Å². The minimum Gasteiger partial charge on any atom is -0.329 e. The predicted octanol–water partition coefficient (Wildman–Crippen LogP) is 3.88. The number of urea groups is 1. The summed E-state index contributed by atoms with van der Waals surface area (Å²) < 4.78 is 13.3. The van der Waals surface area contributed by atoms with Gasteiger partial charge in [0.25, 0.3) is 0 Å². The standard InChI is InChI=1S/C16H17FN2O/c1-16(2,12-7-6-8-13(17)11-12)19-15(20)18-14-9-4-3-5-10-14/h3-11H,1-2H3,(H2,18,19,20). The second-order valence-corrected chi connectivity index (χ2v) is 5.08. The smallest absolute Gasteiger partial charge is 0.319 e. The van der Waals surface area contributed by atoms with Crippen molar-refractivity contribution in [2.24, 2.45) is 0 Å². The third kappa shape index (κ3) is 3.57. The molecule has 0 aliphatic carbocycles. The summed E-state index contributed by atoms with van der Waals surface area (Å²) in [6, 6.07) is 15.0. The van der Waals surface area contributed by atoms with Gasteiger partial charge in [0.2, 0.25) is 0 Å². The lowest BCUT2D eigenvalue weighted by Crippen LogP contribution is -2.43. The second kappa shape index (κ2) is 5.74. The first-order valence-corrected chi connectivity index (χ1v) is 6.38. The molecule has 2 N–H and O–H groups in total. The van der Waals surface area contributed by atoms with Gasteiger partial charge in [-0.3, -0.25) is 0 Å². The number of hydrogen-bond acceptors (Lipinski definition) is 1. The van der Waals surface area contributed by atoms with Gasteiger partial charge in [-0.05, 0) is 43.7 Å². The Kier molecular flexibility index (Phi) is 4.03. The highest BCUT2D eigenvalue weighted by Gasteiger charge is 2.23. The monoisotopic (exact) mass is 272 g/mol. The molecule has 2 aromatic rings. The number of carbonyl (C=O) groups excluding carboxylic acids is 1. The first kappa shape index (κ1) is 14.1. The highest BCUT2D eigenvalue weighted by Crippen LogP contribution is 2.20. The fraction of sp³-hybridized carbons (Fsp3) is 0.188. The van der Waals surface area contributed by atoms with Crippen LogP contribution in [0.5, 0.6) is 0 Å². The summed E-state index contributed by atoms with van der Waals surface area (Å²) in [5.41, 5.74) is 0.752. The van der Waals surface area contributed by atoms with Gasteiger partial charge in [-0.25, -0.2) is 9.18 Å². The number of carbonyl (C=O) groups is 1. The average Bonchev–Trinajstić information content (AvgIpc) is 2.39. The summed E-state index contributed by atoms with van der Waals surface area (Å²) >= 11 is 0. The molecule has 0 aromatic heterocycles. The molecule has 20 heavy (non-hydrogen) atoms. The quantitative estimate of drug-likeness (QED) is 0.874. The van der Waals surface area contributed by atoms with Gasteiger partial charge >= 0.3 is 6.03 Å². The van der Waals surface area contributed by atoms with E-state index >= 15 is 0 Å². The number of nitrogens with one attached hydrogen (secondary N) is 2. The number of anilines is 1. The van der Waals surface area contributed by atoms with Crippen LogP contribution in [0.15, 0.2) is 54.6 Å². The molecule has 0 unspecified atom stereocenters. The minimum absolute atomic E-state index is 0.319. The third-order valence-electron chi connectivity index (χ3n) is 3.00. The van der Waals surface area contributed by atoms with Gasteiger partial charge in [-0.2, -0.15) is 0 Å². The zero-order chi connectivity index (χ0) is 14.6. The maximum absolute atomic E-state index is 13.3. The number of para-hydroxylation sites is 1. The molecule has 0 atom stereocenters. The van der Waals surface area contributed by atoms with Crippen molar-refractivity contribution in [2.75, 3.05) is 5.32 Å². The van der Waals surface area contributed by atoms with Gasteiger partial charge < -0.3 is 10.6 Å². The van der Waals surface area contributed by atoms with Crippen LogP contribution in [0.4, 0.5) is 14.9 Å². The van der Waals surface area contributed by atoms with Crippen molar-refractivity contribution in [3.8, 4) is 0 Å². The van der Waals surface area contributed by atoms with E-state index in [0.717, 1.165) is 0 Å². The Morgan fingerprint density at radius 2 is 1.75 bits per heavy atom. The summed E-state index contributed by atoms with van der Waals surface area (Å²) in [6.07, 6.45) is 0. The Morgan fingerprint density at radius 1 is 1.05 bits per heavy atom. The number of halogens is 1. The van der Waals surface area contributed by atoms with Gasteiger partial charge in [-0.15, -0.1) is 0 Å². The third-order valence-corrected chi connectivity index (χ3v) is 3.00. The van der Waals surface area contributed by atoms with Gasteiger partial charge in [0.1, 0.15) is 5.82 Å². The number of hydrogen-bond donors (Lipinski definition) is 2. The van der Waals surface area contributed by atoms with Crippen LogP contribution in [0.2, 0.25) is 0 Å². The van der Waals surface area contributed by atoms with E-state index in [1.165, 1.54) is 12.1 Å². The van der Waals surface area contributed by atoms with Crippen LogP contribution in [0.25, 0.3) is 0 Å². The molecule has 0 saturated heterocycles. The molecule has 2 rings (SSSR count). The van der Waals surface area contributed by atoms with E-state index in [9.17, 15) is 9.18 Å². The maximum atomic E-state index is 13.3. The molecule has 2 amide bonds. The van der Waals surface area contributed by atoms with Crippen molar-refractivity contribution >= 4 is 11.7 Å². The summed E-state index contributed by atoms with van der Waals surface area (Å²) in [5.74, 6) is -0.319. The molecule has 0 aliphatic heterocycles. The first-order valence-electron chi connectivity index (χ1n) is 6.38.